The number of oxazole rings is 1. The number of aromatic nitrogens is 1. The van der Waals surface area contributed by atoms with E-state index in [4.69, 9.17) is 9.15 Å². The number of piperidine rings is 2. The lowest BCUT2D eigenvalue weighted by atomic mass is 9.73. The minimum atomic E-state index is 0.153. The van der Waals surface area contributed by atoms with E-state index in [1.165, 1.54) is 0 Å². The number of nitrogens with zero attached hydrogens (tertiary/aromatic N) is 3. The minimum Gasteiger partial charge on any atom is -0.423 e. The summed E-state index contributed by atoms with van der Waals surface area (Å²) in [6, 6.07) is 8.62. The molecule has 2 aromatic rings. The van der Waals surface area contributed by atoms with Gasteiger partial charge in [-0.25, -0.2) is 0 Å². The van der Waals surface area contributed by atoms with Crippen LogP contribution in [0.3, 0.4) is 0 Å². The molecule has 1 aromatic heterocycles. The van der Waals surface area contributed by atoms with Crippen LogP contribution in [0.15, 0.2) is 28.7 Å². The second-order valence-corrected chi connectivity index (χ2v) is 7.65. The molecule has 4 rings (SSSR count). The van der Waals surface area contributed by atoms with Crippen LogP contribution < -0.4 is 4.90 Å². The first kappa shape index (κ1) is 17.3. The monoisotopic (exact) mass is 357 g/mol. The van der Waals surface area contributed by atoms with Crippen LogP contribution in [0.2, 0.25) is 0 Å². The van der Waals surface area contributed by atoms with Crippen molar-refractivity contribution in [2.45, 2.75) is 32.1 Å². The van der Waals surface area contributed by atoms with Gasteiger partial charge in [-0.1, -0.05) is 12.1 Å². The largest absolute Gasteiger partial charge is 0.423 e. The van der Waals surface area contributed by atoms with Crippen LogP contribution in [-0.2, 0) is 9.53 Å². The molecule has 0 N–H and O–H groups in total. The summed E-state index contributed by atoms with van der Waals surface area (Å²) in [6.07, 6.45) is 4.78. The Labute approximate surface area is 154 Å². The highest BCUT2D eigenvalue weighted by atomic mass is 16.5. The van der Waals surface area contributed by atoms with Crippen molar-refractivity contribution in [1.82, 2.24) is 9.88 Å². The van der Waals surface area contributed by atoms with Gasteiger partial charge < -0.3 is 19.0 Å². The molecule has 2 aliphatic rings. The topological polar surface area (TPSA) is 58.8 Å². The zero-order valence-electron chi connectivity index (χ0n) is 15.4. The molecule has 3 heterocycles. The van der Waals surface area contributed by atoms with Gasteiger partial charge in [0.25, 0.3) is 6.01 Å². The molecule has 6 nitrogen and oxygen atoms in total. The van der Waals surface area contributed by atoms with E-state index in [0.717, 1.165) is 63.0 Å². The van der Waals surface area contributed by atoms with Gasteiger partial charge in [0.1, 0.15) is 5.52 Å². The zero-order valence-corrected chi connectivity index (χ0v) is 15.4. The lowest BCUT2D eigenvalue weighted by Gasteiger charge is -2.48. The Morgan fingerprint density at radius 1 is 1.27 bits per heavy atom. The van der Waals surface area contributed by atoms with Crippen LogP contribution in [0.4, 0.5) is 6.01 Å². The number of fused-ring (bicyclic) bond motifs is 1. The lowest BCUT2D eigenvalue weighted by Crippen LogP contribution is -2.54. The summed E-state index contributed by atoms with van der Waals surface area (Å²) in [5.74, 6) is 0.283. The van der Waals surface area contributed by atoms with Gasteiger partial charge in [-0.2, -0.15) is 4.98 Å². The second-order valence-electron chi connectivity index (χ2n) is 7.65. The maximum atomic E-state index is 12.3. The quantitative estimate of drug-likeness (QED) is 0.770. The zero-order chi connectivity index (χ0) is 18.0. The molecule has 0 aliphatic carbocycles. The summed E-state index contributed by atoms with van der Waals surface area (Å²) >= 11 is 0. The summed E-state index contributed by atoms with van der Waals surface area (Å²) in [7, 11) is 1.71. The molecule has 26 heavy (non-hydrogen) atoms. The predicted octanol–water partition coefficient (Wildman–Crippen LogP) is 3.07. The van der Waals surface area contributed by atoms with Crippen LogP contribution in [0, 0.1) is 5.41 Å². The number of benzene rings is 1. The first-order valence-corrected chi connectivity index (χ1v) is 9.56. The van der Waals surface area contributed by atoms with Crippen molar-refractivity contribution >= 4 is 23.0 Å². The minimum absolute atomic E-state index is 0.153. The number of methoxy groups -OCH3 is 1. The van der Waals surface area contributed by atoms with E-state index in [1.54, 1.807) is 7.11 Å². The number of carbonyl (C=O) groups excluding carboxylic acids is 1. The van der Waals surface area contributed by atoms with Crippen molar-refractivity contribution in [2.75, 3.05) is 44.8 Å². The Hall–Kier alpha value is -2.08. The molecule has 2 aliphatic heterocycles. The fourth-order valence-corrected chi connectivity index (χ4v) is 4.41. The highest BCUT2D eigenvalue weighted by molar-refractivity contribution is 5.77. The average molecular weight is 357 g/mol. The summed E-state index contributed by atoms with van der Waals surface area (Å²) in [6.45, 7) is 4.20. The Balaban J connectivity index is 1.49. The number of likely N-dealkylation sites (tertiary alicyclic amines) is 1. The van der Waals surface area contributed by atoms with Crippen LogP contribution in [0.1, 0.15) is 32.1 Å². The first-order chi connectivity index (χ1) is 12.7. The van der Waals surface area contributed by atoms with Crippen molar-refractivity contribution in [3.8, 4) is 0 Å². The summed E-state index contributed by atoms with van der Waals surface area (Å²) < 4.78 is 11.1. The van der Waals surface area contributed by atoms with Crippen molar-refractivity contribution in [2.24, 2.45) is 5.41 Å². The first-order valence-electron chi connectivity index (χ1n) is 9.56. The van der Waals surface area contributed by atoms with Crippen LogP contribution >= 0.6 is 0 Å². The average Bonchev–Trinajstić information content (AvgIpc) is 3.09. The number of ether oxygens (including phenoxy) is 1. The van der Waals surface area contributed by atoms with Crippen molar-refractivity contribution in [1.29, 1.82) is 0 Å². The Bertz CT molecular complexity index is 742. The maximum Gasteiger partial charge on any atom is 0.298 e. The molecule has 1 aromatic carbocycles. The normalized spacial score (nSPS) is 24.0. The third-order valence-corrected chi connectivity index (χ3v) is 5.74. The fourth-order valence-electron chi connectivity index (χ4n) is 4.41. The number of para-hydroxylation sites is 2. The number of carbonyl (C=O) groups is 1. The molecule has 1 spiro atoms. The van der Waals surface area contributed by atoms with E-state index < -0.39 is 0 Å². The highest BCUT2D eigenvalue weighted by Crippen LogP contribution is 2.40. The molecule has 6 heteroatoms. The van der Waals surface area contributed by atoms with E-state index in [0.29, 0.717) is 19.0 Å². The summed E-state index contributed by atoms with van der Waals surface area (Å²) in [4.78, 5) is 21.3. The van der Waals surface area contributed by atoms with Crippen molar-refractivity contribution in [3.63, 3.8) is 0 Å². The van der Waals surface area contributed by atoms with Crippen LogP contribution in [0.25, 0.3) is 11.1 Å². The predicted molar refractivity (Wildman–Crippen MR) is 100 cm³/mol. The number of hydrogen-bond acceptors (Lipinski definition) is 5. The third-order valence-electron chi connectivity index (χ3n) is 5.74. The molecule has 0 saturated carbocycles. The smallest absolute Gasteiger partial charge is 0.298 e. The highest BCUT2D eigenvalue weighted by Gasteiger charge is 2.42. The molecule has 0 bridgehead atoms. The van der Waals surface area contributed by atoms with Gasteiger partial charge >= 0.3 is 0 Å². The van der Waals surface area contributed by atoms with Gasteiger partial charge in [0, 0.05) is 51.7 Å². The second kappa shape index (κ2) is 7.27. The number of hydrogen-bond donors (Lipinski definition) is 0. The third kappa shape index (κ3) is 3.43. The summed E-state index contributed by atoms with van der Waals surface area (Å²) in [5, 5.41) is 0. The van der Waals surface area contributed by atoms with Gasteiger partial charge in [0.15, 0.2) is 5.58 Å². The number of amides is 1. The molecule has 2 saturated heterocycles. The maximum absolute atomic E-state index is 12.3. The van der Waals surface area contributed by atoms with Gasteiger partial charge in [0.05, 0.1) is 0 Å². The van der Waals surface area contributed by atoms with Gasteiger partial charge in [-0.15, -0.1) is 0 Å². The fraction of sp³-hybridized carbons (Fsp3) is 0.600. The van der Waals surface area contributed by atoms with E-state index in [2.05, 4.69) is 9.88 Å². The molecular formula is C20H27N3O3. The number of rotatable bonds is 5. The van der Waals surface area contributed by atoms with Crippen LogP contribution in [0.5, 0.6) is 0 Å². The van der Waals surface area contributed by atoms with E-state index >= 15 is 0 Å². The van der Waals surface area contributed by atoms with Crippen molar-refractivity contribution in [3.05, 3.63) is 24.3 Å². The van der Waals surface area contributed by atoms with E-state index in [1.807, 2.05) is 29.2 Å². The molecule has 2 fully saturated rings. The van der Waals surface area contributed by atoms with Crippen molar-refractivity contribution < 1.29 is 13.9 Å². The molecule has 1 atom stereocenters. The standard InChI is InChI=1S/C20H27N3O3/c1-25-13-5-12-22-14-20(10-8-18(22)24)9-4-11-23(15-20)19-21-16-6-2-3-7-17(16)26-19/h2-3,6-7H,4-5,8-15H2,1H3/t20-/m1/s1. The summed E-state index contributed by atoms with van der Waals surface area (Å²) in [5.41, 5.74) is 1.89. The SMILES string of the molecule is COCCCN1C[C@@]2(CCCN(c3nc4ccccc4o3)C2)CCC1=O. The van der Waals surface area contributed by atoms with Gasteiger partial charge in [0.2, 0.25) is 5.91 Å². The van der Waals surface area contributed by atoms with Gasteiger partial charge in [-0.3, -0.25) is 4.79 Å². The Morgan fingerprint density at radius 2 is 2.15 bits per heavy atom. The Kier molecular flexibility index (Phi) is 4.85. The van der Waals surface area contributed by atoms with E-state index in [-0.39, 0.29) is 11.3 Å². The molecule has 140 valence electrons. The van der Waals surface area contributed by atoms with Crippen LogP contribution in [-0.4, -0.2) is 55.7 Å². The van der Waals surface area contributed by atoms with E-state index in [9.17, 15) is 4.79 Å². The molecular weight excluding hydrogens is 330 g/mol. The number of anilines is 1. The molecule has 0 radical (unpaired) electrons. The lowest BCUT2D eigenvalue weighted by molar-refractivity contribution is -0.138. The molecule has 0 unspecified atom stereocenters. The molecule has 1 amide bonds. The van der Waals surface area contributed by atoms with Gasteiger partial charge in [-0.05, 0) is 37.8 Å². The Morgan fingerprint density at radius 3 is 3.00 bits per heavy atom.